The fourth-order valence-electron chi connectivity index (χ4n) is 8.98. The summed E-state index contributed by atoms with van der Waals surface area (Å²) < 4.78 is 0. The van der Waals surface area contributed by atoms with E-state index in [1.165, 1.54) is 76.8 Å². The van der Waals surface area contributed by atoms with Crippen LogP contribution in [-0.4, -0.2) is 15.0 Å². The molecule has 9 aromatic carbocycles. The number of hydrogen-bond acceptors (Lipinski definition) is 3. The van der Waals surface area contributed by atoms with Gasteiger partial charge in [-0.2, -0.15) is 0 Å². The van der Waals surface area contributed by atoms with Crippen molar-refractivity contribution in [3.05, 3.63) is 199 Å². The molecule has 3 nitrogen and oxygen atoms in total. The van der Waals surface area contributed by atoms with E-state index in [-0.39, 0.29) is 5.41 Å². The zero-order valence-electron chi connectivity index (χ0n) is 31.7. The molecule has 0 N–H and O–H groups in total. The molecule has 57 heavy (non-hydrogen) atoms. The molecule has 0 saturated heterocycles. The lowest BCUT2D eigenvalue weighted by Gasteiger charge is -2.22. The van der Waals surface area contributed by atoms with E-state index in [4.69, 9.17) is 15.0 Å². The van der Waals surface area contributed by atoms with Gasteiger partial charge < -0.3 is 0 Å². The molecule has 0 bridgehead atoms. The highest BCUT2D eigenvalue weighted by Gasteiger charge is 2.35. The Morgan fingerprint density at radius 1 is 0.281 bits per heavy atom. The third-order valence-electron chi connectivity index (χ3n) is 11.9. The van der Waals surface area contributed by atoms with Crippen molar-refractivity contribution in [2.75, 3.05) is 0 Å². The quantitative estimate of drug-likeness (QED) is 0.166. The lowest BCUT2D eigenvalue weighted by molar-refractivity contribution is 0.660. The molecule has 268 valence electrons. The Balaban J connectivity index is 1.04. The van der Waals surface area contributed by atoms with Crippen molar-refractivity contribution in [2.24, 2.45) is 0 Å². The summed E-state index contributed by atoms with van der Waals surface area (Å²) in [6.07, 6.45) is 0. The van der Waals surface area contributed by atoms with E-state index >= 15 is 0 Å². The summed E-state index contributed by atoms with van der Waals surface area (Å²) in [6.45, 7) is 4.69. The molecule has 1 heterocycles. The highest BCUT2D eigenvalue weighted by atomic mass is 15.0. The first-order valence-corrected chi connectivity index (χ1v) is 19.6. The zero-order valence-corrected chi connectivity index (χ0v) is 31.7. The van der Waals surface area contributed by atoms with Crippen LogP contribution in [0.5, 0.6) is 0 Å². The number of rotatable bonds is 5. The van der Waals surface area contributed by atoms with E-state index in [9.17, 15) is 0 Å². The average Bonchev–Trinajstić information content (AvgIpc) is 3.51. The average molecular weight is 728 g/mol. The molecule has 3 heteroatoms. The van der Waals surface area contributed by atoms with Gasteiger partial charge in [0.15, 0.2) is 17.5 Å². The van der Waals surface area contributed by atoms with E-state index in [0.717, 1.165) is 16.7 Å². The SMILES string of the molecule is CC1(C)c2ccccc2-c2ccc(-c3cccc(-c4ccc5c(c4)c4ccccc4c4ccc(-c6nc(-c7ccccc7)nc(-c7ccccc7)n6)cc45)c3)cc21. The van der Waals surface area contributed by atoms with Crippen LogP contribution < -0.4 is 0 Å². The first-order chi connectivity index (χ1) is 28.0. The maximum Gasteiger partial charge on any atom is 0.164 e. The summed E-state index contributed by atoms with van der Waals surface area (Å²) >= 11 is 0. The van der Waals surface area contributed by atoms with Crippen LogP contribution in [0.15, 0.2) is 188 Å². The van der Waals surface area contributed by atoms with Crippen LogP contribution in [0.3, 0.4) is 0 Å². The molecule has 1 aromatic heterocycles. The van der Waals surface area contributed by atoms with Gasteiger partial charge in [-0.3, -0.25) is 0 Å². The standard InChI is InChI=1S/C54H37N3/c1-54(2)49-23-12-11-22-45(49)46-29-25-39(33-50(46)54)37-19-13-18-36(30-37)38-24-27-44-47(31-38)42-21-10-9-20-41(42)43-28-26-40(32-48(43)44)53-56-51(34-14-5-3-6-15-34)55-52(57-53)35-16-7-4-8-17-35/h3-33H,1-2H3. The zero-order chi connectivity index (χ0) is 38.1. The molecule has 0 aliphatic heterocycles. The Morgan fingerprint density at radius 2 is 0.702 bits per heavy atom. The van der Waals surface area contributed by atoms with E-state index in [2.05, 4.69) is 141 Å². The topological polar surface area (TPSA) is 38.7 Å². The van der Waals surface area contributed by atoms with E-state index in [1.54, 1.807) is 0 Å². The van der Waals surface area contributed by atoms with Crippen LogP contribution in [0, 0.1) is 0 Å². The van der Waals surface area contributed by atoms with Crippen molar-refractivity contribution in [1.29, 1.82) is 0 Å². The van der Waals surface area contributed by atoms with Gasteiger partial charge in [0.25, 0.3) is 0 Å². The molecule has 1 aliphatic carbocycles. The van der Waals surface area contributed by atoms with Gasteiger partial charge >= 0.3 is 0 Å². The van der Waals surface area contributed by atoms with Crippen LogP contribution in [0.1, 0.15) is 25.0 Å². The Morgan fingerprint density at radius 3 is 1.37 bits per heavy atom. The van der Waals surface area contributed by atoms with Crippen molar-refractivity contribution in [2.45, 2.75) is 19.3 Å². The first-order valence-electron chi connectivity index (χ1n) is 19.6. The van der Waals surface area contributed by atoms with Gasteiger partial charge in [0, 0.05) is 22.1 Å². The third-order valence-corrected chi connectivity index (χ3v) is 11.9. The summed E-state index contributed by atoms with van der Waals surface area (Å²) in [4.78, 5) is 15.0. The monoisotopic (exact) mass is 727 g/mol. The number of benzene rings is 9. The van der Waals surface area contributed by atoms with Gasteiger partial charge in [0.05, 0.1) is 0 Å². The molecule has 0 spiro atoms. The normalized spacial score (nSPS) is 12.9. The molecule has 10 aromatic rings. The molecule has 0 fully saturated rings. The minimum absolute atomic E-state index is 0.0422. The van der Waals surface area contributed by atoms with Gasteiger partial charge in [0.1, 0.15) is 0 Å². The van der Waals surface area contributed by atoms with Gasteiger partial charge in [0.2, 0.25) is 0 Å². The van der Waals surface area contributed by atoms with Crippen LogP contribution in [0.25, 0.3) is 99.9 Å². The second-order valence-electron chi connectivity index (χ2n) is 15.6. The Bertz CT molecular complexity index is 3140. The fourth-order valence-corrected chi connectivity index (χ4v) is 8.98. The molecule has 0 atom stereocenters. The van der Waals surface area contributed by atoms with Gasteiger partial charge in [-0.15, -0.1) is 0 Å². The molecule has 0 radical (unpaired) electrons. The van der Waals surface area contributed by atoms with Crippen molar-refractivity contribution >= 4 is 32.3 Å². The summed E-state index contributed by atoms with van der Waals surface area (Å²) in [5.41, 5.74) is 13.2. The van der Waals surface area contributed by atoms with Gasteiger partial charge in [-0.05, 0) is 101 Å². The van der Waals surface area contributed by atoms with Gasteiger partial charge in [-0.1, -0.05) is 178 Å². The van der Waals surface area contributed by atoms with Crippen LogP contribution in [0.2, 0.25) is 0 Å². The molecule has 0 saturated carbocycles. The highest BCUT2D eigenvalue weighted by Crippen LogP contribution is 2.49. The smallest absolute Gasteiger partial charge is 0.164 e. The Labute approximate surface area is 332 Å². The van der Waals surface area contributed by atoms with E-state index < -0.39 is 0 Å². The van der Waals surface area contributed by atoms with Gasteiger partial charge in [-0.25, -0.2) is 15.0 Å². The predicted octanol–water partition coefficient (Wildman–Crippen LogP) is 14.0. The van der Waals surface area contributed by atoms with Crippen LogP contribution in [-0.2, 0) is 5.41 Å². The lowest BCUT2D eigenvalue weighted by Crippen LogP contribution is -2.14. The minimum Gasteiger partial charge on any atom is -0.208 e. The molecule has 0 unspecified atom stereocenters. The van der Waals surface area contributed by atoms with E-state index in [0.29, 0.717) is 17.5 Å². The lowest BCUT2D eigenvalue weighted by atomic mass is 9.81. The summed E-state index contributed by atoms with van der Waals surface area (Å²) in [5, 5.41) is 7.27. The number of aromatic nitrogens is 3. The summed E-state index contributed by atoms with van der Waals surface area (Å²) in [7, 11) is 0. The second-order valence-corrected chi connectivity index (χ2v) is 15.6. The molecular formula is C54H37N3. The van der Waals surface area contributed by atoms with E-state index in [1.807, 2.05) is 60.7 Å². The first kappa shape index (κ1) is 33.1. The maximum absolute atomic E-state index is 5.05. The molecule has 11 rings (SSSR count). The largest absolute Gasteiger partial charge is 0.208 e. The van der Waals surface area contributed by atoms with Crippen molar-refractivity contribution in [1.82, 2.24) is 15.0 Å². The summed E-state index contributed by atoms with van der Waals surface area (Å²) in [5.74, 6) is 1.96. The molecular weight excluding hydrogens is 691 g/mol. The Hall–Kier alpha value is -7.23. The number of fused-ring (bicyclic) bond motifs is 9. The second kappa shape index (κ2) is 12.9. The summed E-state index contributed by atoms with van der Waals surface area (Å²) in [6, 6.07) is 67.5. The third kappa shape index (κ3) is 5.46. The van der Waals surface area contributed by atoms with Crippen molar-refractivity contribution in [3.8, 4) is 67.5 Å². The van der Waals surface area contributed by atoms with Crippen molar-refractivity contribution in [3.63, 3.8) is 0 Å². The number of nitrogens with zero attached hydrogens (tertiary/aromatic N) is 3. The highest BCUT2D eigenvalue weighted by molar-refractivity contribution is 6.26. The predicted molar refractivity (Wildman–Crippen MR) is 237 cm³/mol. The molecule has 0 amide bonds. The minimum atomic E-state index is -0.0422. The Kier molecular flexibility index (Phi) is 7.52. The number of hydrogen-bond donors (Lipinski definition) is 0. The maximum atomic E-state index is 5.05. The molecule has 1 aliphatic rings. The van der Waals surface area contributed by atoms with Crippen LogP contribution >= 0.6 is 0 Å². The van der Waals surface area contributed by atoms with Crippen LogP contribution in [0.4, 0.5) is 0 Å². The fraction of sp³-hybridized carbons (Fsp3) is 0.0556. The van der Waals surface area contributed by atoms with Crippen molar-refractivity contribution < 1.29 is 0 Å².